The smallest absolute Gasteiger partial charge is 0.207 e. The van der Waals surface area contributed by atoms with Gasteiger partial charge in [0, 0.05) is 25.7 Å². The summed E-state index contributed by atoms with van der Waals surface area (Å²) in [4.78, 5) is 12.6. The van der Waals surface area contributed by atoms with Crippen molar-refractivity contribution in [3.63, 3.8) is 0 Å². The lowest BCUT2D eigenvalue weighted by molar-refractivity contribution is -0.110. The molecule has 1 saturated heterocycles. The highest BCUT2D eigenvalue weighted by molar-refractivity contribution is 5.46. The van der Waals surface area contributed by atoms with Crippen molar-refractivity contribution >= 4 is 6.41 Å². The van der Waals surface area contributed by atoms with Crippen molar-refractivity contribution in [3.8, 4) is 0 Å². The summed E-state index contributed by atoms with van der Waals surface area (Å²) < 4.78 is 12.7. The van der Waals surface area contributed by atoms with Crippen molar-refractivity contribution in [1.82, 2.24) is 10.2 Å². The van der Waals surface area contributed by atoms with Crippen LogP contribution in [0.4, 0.5) is 4.39 Å². The van der Waals surface area contributed by atoms with Gasteiger partial charge in [0.25, 0.3) is 0 Å². The van der Waals surface area contributed by atoms with Crippen LogP contribution in [0.1, 0.15) is 18.4 Å². The minimum atomic E-state index is -0.192. The van der Waals surface area contributed by atoms with Gasteiger partial charge in [-0.2, -0.15) is 0 Å². The summed E-state index contributed by atoms with van der Waals surface area (Å²) in [5, 5.41) is 2.82. The first-order valence-corrected chi connectivity index (χ1v) is 5.94. The van der Waals surface area contributed by atoms with Crippen LogP contribution in [0.25, 0.3) is 0 Å². The molecule has 0 atom stereocenters. The van der Waals surface area contributed by atoms with Gasteiger partial charge in [0.1, 0.15) is 5.82 Å². The summed E-state index contributed by atoms with van der Waals surface area (Å²) in [6.07, 6.45) is 2.75. The third kappa shape index (κ3) is 3.53. The highest BCUT2D eigenvalue weighted by atomic mass is 19.1. The van der Waals surface area contributed by atoms with Crippen LogP contribution < -0.4 is 5.32 Å². The van der Waals surface area contributed by atoms with Gasteiger partial charge in [-0.15, -0.1) is 0 Å². The van der Waals surface area contributed by atoms with E-state index in [0.717, 1.165) is 44.4 Å². The average Bonchev–Trinajstić information content (AvgIpc) is 2.35. The zero-order chi connectivity index (χ0) is 12.1. The van der Waals surface area contributed by atoms with Crippen molar-refractivity contribution in [2.75, 3.05) is 13.1 Å². The lowest BCUT2D eigenvalue weighted by Gasteiger charge is -2.31. The summed E-state index contributed by atoms with van der Waals surface area (Å²) in [5.41, 5.74) is 1.13. The molecule has 1 aromatic carbocycles. The molecule has 0 radical (unpaired) electrons. The molecule has 0 aromatic heterocycles. The second-order valence-corrected chi connectivity index (χ2v) is 4.46. The van der Waals surface area contributed by atoms with Crippen LogP contribution in [-0.2, 0) is 11.3 Å². The summed E-state index contributed by atoms with van der Waals surface area (Å²) in [6.45, 7) is 2.81. The maximum absolute atomic E-state index is 12.7. The minimum absolute atomic E-state index is 0.192. The Morgan fingerprint density at radius 2 is 1.94 bits per heavy atom. The Morgan fingerprint density at radius 1 is 1.29 bits per heavy atom. The third-order valence-electron chi connectivity index (χ3n) is 3.21. The maximum atomic E-state index is 12.7. The number of nitrogens with zero attached hydrogens (tertiary/aromatic N) is 1. The van der Waals surface area contributed by atoms with E-state index in [1.807, 2.05) is 12.1 Å². The average molecular weight is 236 g/mol. The Hall–Kier alpha value is -1.42. The van der Waals surface area contributed by atoms with E-state index in [9.17, 15) is 9.18 Å². The second kappa shape index (κ2) is 5.77. The van der Waals surface area contributed by atoms with E-state index >= 15 is 0 Å². The molecular weight excluding hydrogens is 219 g/mol. The van der Waals surface area contributed by atoms with Gasteiger partial charge in [-0.3, -0.25) is 9.69 Å². The van der Waals surface area contributed by atoms with Gasteiger partial charge >= 0.3 is 0 Å². The summed E-state index contributed by atoms with van der Waals surface area (Å²) in [7, 11) is 0. The fourth-order valence-electron chi connectivity index (χ4n) is 2.20. The summed E-state index contributed by atoms with van der Waals surface area (Å²) in [5.74, 6) is -0.192. The van der Waals surface area contributed by atoms with Gasteiger partial charge in [0.05, 0.1) is 0 Å². The predicted octanol–water partition coefficient (Wildman–Crippen LogP) is 1.54. The van der Waals surface area contributed by atoms with Crippen LogP contribution >= 0.6 is 0 Å². The minimum Gasteiger partial charge on any atom is -0.356 e. The number of rotatable bonds is 4. The zero-order valence-electron chi connectivity index (χ0n) is 9.73. The van der Waals surface area contributed by atoms with E-state index in [4.69, 9.17) is 0 Å². The quantitative estimate of drug-likeness (QED) is 0.804. The molecule has 1 fully saturated rings. The molecule has 0 aliphatic carbocycles. The molecule has 0 unspecified atom stereocenters. The first-order chi connectivity index (χ1) is 8.28. The molecule has 0 saturated carbocycles. The molecule has 1 heterocycles. The van der Waals surface area contributed by atoms with Gasteiger partial charge in [0.15, 0.2) is 0 Å². The number of carbonyl (C=O) groups excluding carboxylic acids is 1. The highest BCUT2D eigenvalue weighted by Crippen LogP contribution is 2.13. The molecule has 1 aliphatic rings. The lowest BCUT2D eigenvalue weighted by atomic mass is 10.0. The molecule has 92 valence electrons. The molecule has 3 nitrogen and oxygen atoms in total. The van der Waals surface area contributed by atoms with Gasteiger partial charge < -0.3 is 5.32 Å². The van der Waals surface area contributed by atoms with Gasteiger partial charge in [-0.25, -0.2) is 4.39 Å². The topological polar surface area (TPSA) is 32.3 Å². The number of piperidine rings is 1. The Balaban J connectivity index is 1.81. The number of benzene rings is 1. The van der Waals surface area contributed by atoms with Crippen molar-refractivity contribution in [2.45, 2.75) is 25.4 Å². The van der Waals surface area contributed by atoms with Crippen LogP contribution in [0, 0.1) is 5.82 Å². The molecule has 1 N–H and O–H groups in total. The maximum Gasteiger partial charge on any atom is 0.207 e. The largest absolute Gasteiger partial charge is 0.356 e. The Kier molecular flexibility index (Phi) is 4.09. The first-order valence-electron chi connectivity index (χ1n) is 5.94. The van der Waals surface area contributed by atoms with Crippen molar-refractivity contribution in [3.05, 3.63) is 35.6 Å². The Labute approximate surface area is 101 Å². The number of amides is 1. The van der Waals surface area contributed by atoms with Crippen LogP contribution in [0.2, 0.25) is 0 Å². The second-order valence-electron chi connectivity index (χ2n) is 4.46. The number of likely N-dealkylation sites (tertiary alicyclic amines) is 1. The van der Waals surface area contributed by atoms with Gasteiger partial charge in [-0.05, 0) is 30.5 Å². The normalized spacial score (nSPS) is 17.9. The molecule has 4 heteroatoms. The van der Waals surface area contributed by atoms with Crippen LogP contribution in [0.3, 0.4) is 0 Å². The number of hydrogen-bond donors (Lipinski definition) is 1. The molecule has 17 heavy (non-hydrogen) atoms. The van der Waals surface area contributed by atoms with E-state index in [2.05, 4.69) is 10.2 Å². The van der Waals surface area contributed by atoms with E-state index in [1.54, 1.807) is 0 Å². The third-order valence-corrected chi connectivity index (χ3v) is 3.21. The predicted molar refractivity (Wildman–Crippen MR) is 63.9 cm³/mol. The van der Waals surface area contributed by atoms with E-state index < -0.39 is 0 Å². The van der Waals surface area contributed by atoms with E-state index in [0.29, 0.717) is 6.04 Å². The fourth-order valence-corrected chi connectivity index (χ4v) is 2.20. The Morgan fingerprint density at radius 3 is 2.53 bits per heavy atom. The fraction of sp³-hybridized carbons (Fsp3) is 0.462. The van der Waals surface area contributed by atoms with Crippen LogP contribution in [0.15, 0.2) is 24.3 Å². The monoisotopic (exact) mass is 236 g/mol. The van der Waals surface area contributed by atoms with Crippen LogP contribution in [0.5, 0.6) is 0 Å². The zero-order valence-corrected chi connectivity index (χ0v) is 9.73. The first kappa shape index (κ1) is 12.0. The highest BCUT2D eigenvalue weighted by Gasteiger charge is 2.18. The van der Waals surface area contributed by atoms with E-state index in [1.165, 1.54) is 12.1 Å². The number of nitrogens with one attached hydrogen (secondary N) is 1. The molecule has 0 bridgehead atoms. The molecule has 2 rings (SSSR count). The molecule has 1 aromatic rings. The standard InChI is InChI=1S/C13H17FN2O/c14-12-3-1-11(2-4-12)9-16-7-5-13(6-8-16)15-10-17/h1-4,10,13H,5-9H2,(H,15,17). The molecule has 1 aliphatic heterocycles. The number of hydrogen-bond acceptors (Lipinski definition) is 2. The SMILES string of the molecule is O=CNC1CCN(Cc2ccc(F)cc2)CC1. The van der Waals surface area contributed by atoms with Gasteiger partial charge in [0.2, 0.25) is 6.41 Å². The van der Waals surface area contributed by atoms with Crippen molar-refractivity contribution < 1.29 is 9.18 Å². The van der Waals surface area contributed by atoms with Gasteiger partial charge in [-0.1, -0.05) is 12.1 Å². The number of halogens is 1. The summed E-state index contributed by atoms with van der Waals surface area (Å²) >= 11 is 0. The van der Waals surface area contributed by atoms with E-state index in [-0.39, 0.29) is 5.82 Å². The number of carbonyl (C=O) groups is 1. The molecule has 0 spiro atoms. The van der Waals surface area contributed by atoms with Crippen molar-refractivity contribution in [1.29, 1.82) is 0 Å². The Bertz CT molecular complexity index is 358. The lowest BCUT2D eigenvalue weighted by Crippen LogP contribution is -2.41. The molecule has 1 amide bonds. The summed E-state index contributed by atoms with van der Waals surface area (Å²) in [6, 6.07) is 6.96. The molecular formula is C13H17FN2O. The van der Waals surface area contributed by atoms with Crippen molar-refractivity contribution in [2.24, 2.45) is 0 Å². The van der Waals surface area contributed by atoms with Crippen LogP contribution in [-0.4, -0.2) is 30.4 Å².